The summed E-state index contributed by atoms with van der Waals surface area (Å²) in [6.07, 6.45) is -4.89. The summed E-state index contributed by atoms with van der Waals surface area (Å²) < 4.78 is 60.0. The van der Waals surface area contributed by atoms with E-state index in [1.54, 1.807) is 6.92 Å². The summed E-state index contributed by atoms with van der Waals surface area (Å²) in [5, 5.41) is 18.5. The highest BCUT2D eigenvalue weighted by molar-refractivity contribution is 5.96. The molecule has 2 aliphatic heterocycles. The molecule has 2 aliphatic rings. The van der Waals surface area contributed by atoms with Crippen molar-refractivity contribution in [3.63, 3.8) is 0 Å². The average Bonchev–Trinajstić information content (AvgIpc) is 3.15. The molecule has 0 amide bonds. The standard InChI is InChI=1S/C17H10F4N4O2/c1-6-7-2-8(10(18)3-11(7)25-24-6)13-9(4-22)15(17(19,20)21)23-12-5-27-16(26)14(12)13/h2-3,13,23H,5H2,1H3,(H,24,25). The predicted octanol–water partition coefficient (Wildman–Crippen LogP) is 2.85. The number of aromatic amines is 1. The number of H-pyrrole nitrogens is 1. The van der Waals surface area contributed by atoms with Crippen LogP contribution in [0.15, 0.2) is 34.7 Å². The number of cyclic esters (lactones) is 1. The highest BCUT2D eigenvalue weighted by atomic mass is 19.4. The molecule has 1 atom stereocenters. The Bertz CT molecular complexity index is 1100. The zero-order chi connectivity index (χ0) is 19.5. The Morgan fingerprint density at radius 2 is 2.11 bits per heavy atom. The molecule has 0 saturated heterocycles. The third-order valence-electron chi connectivity index (χ3n) is 4.59. The number of aromatic nitrogens is 2. The molecule has 0 radical (unpaired) electrons. The Labute approximate surface area is 149 Å². The van der Waals surface area contributed by atoms with E-state index < -0.39 is 41.8 Å². The number of hydrogen-bond acceptors (Lipinski definition) is 5. The number of benzene rings is 1. The van der Waals surface area contributed by atoms with Gasteiger partial charge in [-0.1, -0.05) is 0 Å². The molecule has 0 spiro atoms. The number of carbonyl (C=O) groups excluding carboxylic acids is 1. The second kappa shape index (κ2) is 5.57. The van der Waals surface area contributed by atoms with E-state index in [0.29, 0.717) is 11.1 Å². The van der Waals surface area contributed by atoms with Crippen LogP contribution in [0.1, 0.15) is 17.2 Å². The summed E-state index contributed by atoms with van der Waals surface area (Å²) in [7, 11) is 0. The van der Waals surface area contributed by atoms with Crippen molar-refractivity contribution < 1.29 is 27.1 Å². The number of carbonyl (C=O) groups is 1. The second-order valence-corrected chi connectivity index (χ2v) is 6.16. The fraction of sp³-hybridized carbons (Fsp3) is 0.235. The van der Waals surface area contributed by atoms with Gasteiger partial charge in [-0.05, 0) is 13.0 Å². The van der Waals surface area contributed by atoms with Gasteiger partial charge in [0.1, 0.15) is 18.1 Å². The van der Waals surface area contributed by atoms with Crippen molar-refractivity contribution in [1.82, 2.24) is 15.5 Å². The molecule has 2 N–H and O–H groups in total. The van der Waals surface area contributed by atoms with E-state index in [2.05, 4.69) is 15.5 Å². The van der Waals surface area contributed by atoms with Crippen LogP contribution in [0.3, 0.4) is 0 Å². The predicted molar refractivity (Wildman–Crippen MR) is 83.3 cm³/mol. The van der Waals surface area contributed by atoms with Crippen molar-refractivity contribution >= 4 is 16.9 Å². The number of dihydropyridines is 1. The van der Waals surface area contributed by atoms with Crippen molar-refractivity contribution in [2.45, 2.75) is 19.0 Å². The van der Waals surface area contributed by atoms with Gasteiger partial charge in [-0.2, -0.15) is 23.5 Å². The van der Waals surface area contributed by atoms with Crippen LogP contribution in [0.2, 0.25) is 0 Å². The topological polar surface area (TPSA) is 90.8 Å². The van der Waals surface area contributed by atoms with E-state index >= 15 is 0 Å². The van der Waals surface area contributed by atoms with Gasteiger partial charge in [0, 0.05) is 22.7 Å². The number of hydrogen-bond donors (Lipinski definition) is 2. The molecular formula is C17H10F4N4O2. The Kier molecular flexibility index (Phi) is 3.53. The summed E-state index contributed by atoms with van der Waals surface area (Å²) in [6, 6.07) is 3.85. The fourth-order valence-electron chi connectivity index (χ4n) is 3.37. The minimum Gasteiger partial charge on any atom is -0.456 e. The van der Waals surface area contributed by atoms with Gasteiger partial charge < -0.3 is 10.1 Å². The number of fused-ring (bicyclic) bond motifs is 1. The molecule has 0 saturated carbocycles. The third-order valence-corrected chi connectivity index (χ3v) is 4.59. The first-order valence-electron chi connectivity index (χ1n) is 7.75. The number of alkyl halides is 3. The minimum atomic E-state index is -4.89. The van der Waals surface area contributed by atoms with Gasteiger partial charge >= 0.3 is 12.1 Å². The Morgan fingerprint density at radius 1 is 1.37 bits per heavy atom. The maximum absolute atomic E-state index is 14.8. The van der Waals surface area contributed by atoms with Gasteiger partial charge in [0.2, 0.25) is 0 Å². The first kappa shape index (κ1) is 17.1. The minimum absolute atomic E-state index is 0.125. The van der Waals surface area contributed by atoms with Crippen molar-refractivity contribution in [3.05, 3.63) is 51.7 Å². The van der Waals surface area contributed by atoms with Crippen LogP contribution in [0.4, 0.5) is 17.6 Å². The Balaban J connectivity index is 2.02. The first-order valence-corrected chi connectivity index (χ1v) is 7.75. The lowest BCUT2D eigenvalue weighted by atomic mass is 9.80. The summed E-state index contributed by atoms with van der Waals surface area (Å²) in [5.41, 5.74) is -1.81. The number of halogens is 4. The maximum atomic E-state index is 14.8. The van der Waals surface area contributed by atoms with Crippen molar-refractivity contribution in [1.29, 1.82) is 5.26 Å². The molecule has 1 unspecified atom stereocenters. The average molecular weight is 378 g/mol. The highest BCUT2D eigenvalue weighted by Crippen LogP contribution is 2.45. The van der Waals surface area contributed by atoms with Crippen LogP contribution < -0.4 is 5.32 Å². The molecule has 1 aromatic carbocycles. The number of rotatable bonds is 1. The number of nitriles is 1. The van der Waals surface area contributed by atoms with Gasteiger partial charge in [-0.25, -0.2) is 9.18 Å². The SMILES string of the molecule is Cc1[nH]nc2cc(F)c(C3C(C#N)=C(C(F)(F)F)NC4=C3C(=O)OC4)cc12. The maximum Gasteiger partial charge on any atom is 0.432 e. The van der Waals surface area contributed by atoms with Gasteiger partial charge in [0.05, 0.1) is 34.3 Å². The molecule has 4 rings (SSSR count). The Morgan fingerprint density at radius 3 is 2.78 bits per heavy atom. The van der Waals surface area contributed by atoms with E-state index in [4.69, 9.17) is 4.74 Å². The first-order chi connectivity index (χ1) is 12.7. The number of nitrogens with one attached hydrogen (secondary N) is 2. The lowest BCUT2D eigenvalue weighted by molar-refractivity contribution is -0.136. The molecule has 27 heavy (non-hydrogen) atoms. The number of nitrogens with zero attached hydrogens (tertiary/aromatic N) is 2. The molecule has 3 heterocycles. The second-order valence-electron chi connectivity index (χ2n) is 6.16. The molecule has 0 bridgehead atoms. The molecule has 138 valence electrons. The summed E-state index contributed by atoms with van der Waals surface area (Å²) in [5.74, 6) is -3.29. The molecule has 10 heteroatoms. The van der Waals surface area contributed by atoms with Crippen LogP contribution >= 0.6 is 0 Å². The van der Waals surface area contributed by atoms with E-state index in [-0.39, 0.29) is 22.4 Å². The van der Waals surface area contributed by atoms with Gasteiger partial charge in [0.15, 0.2) is 0 Å². The van der Waals surface area contributed by atoms with Crippen molar-refractivity contribution in [2.24, 2.45) is 0 Å². The van der Waals surface area contributed by atoms with Crippen LogP contribution in [0, 0.1) is 24.1 Å². The molecule has 2 aromatic rings. The van der Waals surface area contributed by atoms with E-state index in [9.17, 15) is 27.6 Å². The van der Waals surface area contributed by atoms with Crippen LogP contribution in [0.25, 0.3) is 10.9 Å². The number of allylic oxidation sites excluding steroid dienone is 2. The van der Waals surface area contributed by atoms with Crippen molar-refractivity contribution in [3.8, 4) is 6.07 Å². The number of ether oxygens (including phenoxy) is 1. The van der Waals surface area contributed by atoms with Crippen LogP contribution in [-0.4, -0.2) is 28.9 Å². The van der Waals surface area contributed by atoms with Gasteiger partial charge in [-0.15, -0.1) is 0 Å². The van der Waals surface area contributed by atoms with Crippen molar-refractivity contribution in [2.75, 3.05) is 6.61 Å². The molecule has 0 fully saturated rings. The summed E-state index contributed by atoms with van der Waals surface area (Å²) >= 11 is 0. The molecule has 0 aliphatic carbocycles. The molecule has 6 nitrogen and oxygen atoms in total. The lowest BCUT2D eigenvalue weighted by Gasteiger charge is -2.27. The van der Waals surface area contributed by atoms with E-state index in [1.165, 1.54) is 12.1 Å². The molecule has 1 aromatic heterocycles. The Hall–Kier alpha value is -3.35. The quantitative estimate of drug-likeness (QED) is 0.588. The number of esters is 1. The zero-order valence-electron chi connectivity index (χ0n) is 13.7. The number of aryl methyl sites for hydroxylation is 1. The normalized spacial score (nSPS) is 19.9. The fourth-order valence-corrected chi connectivity index (χ4v) is 3.37. The smallest absolute Gasteiger partial charge is 0.432 e. The van der Waals surface area contributed by atoms with Gasteiger partial charge in [0.25, 0.3) is 0 Å². The lowest BCUT2D eigenvalue weighted by Crippen LogP contribution is -2.34. The van der Waals surface area contributed by atoms with Gasteiger partial charge in [-0.3, -0.25) is 5.10 Å². The third kappa shape index (κ3) is 2.46. The van der Waals surface area contributed by atoms with Crippen LogP contribution in [-0.2, 0) is 9.53 Å². The largest absolute Gasteiger partial charge is 0.456 e. The molecular weight excluding hydrogens is 368 g/mol. The summed E-state index contributed by atoms with van der Waals surface area (Å²) in [6.45, 7) is 1.26. The summed E-state index contributed by atoms with van der Waals surface area (Å²) in [4.78, 5) is 12.1. The van der Waals surface area contributed by atoms with Crippen LogP contribution in [0.5, 0.6) is 0 Å². The zero-order valence-corrected chi connectivity index (χ0v) is 13.7. The highest BCUT2D eigenvalue weighted by Gasteiger charge is 2.48. The van der Waals surface area contributed by atoms with E-state index in [0.717, 1.165) is 6.07 Å². The monoisotopic (exact) mass is 378 g/mol. The van der Waals surface area contributed by atoms with E-state index in [1.807, 2.05) is 0 Å².